The number of aliphatic hydroxyl groups is 3. The number of aliphatic hydroxyl groups excluding tert-OH is 1. The van der Waals surface area contributed by atoms with E-state index in [9.17, 15) is 15.3 Å². The average molecular weight is 450 g/mol. The van der Waals surface area contributed by atoms with Crippen molar-refractivity contribution in [2.45, 2.75) is 49.1 Å². The molecule has 1 aliphatic rings. The standard InChI is InChI=1S/C27H31NO5/c28-25(29)24-27(31,17-21-12-6-2-7-13-21)26(30,16-20-10-4-1-5-11-20)23(33-24)19-32-18-22-14-8-3-9-15-22/h1-15,23-25,29-31H,16-19,28H2/t23-,24+,25?,26-,27-/m1/s1. The van der Waals surface area contributed by atoms with Crippen molar-refractivity contribution in [3.8, 4) is 0 Å². The topological polar surface area (TPSA) is 105 Å². The molecule has 0 bridgehead atoms. The highest BCUT2D eigenvalue weighted by atomic mass is 16.6. The van der Waals surface area contributed by atoms with Gasteiger partial charge in [-0.3, -0.25) is 0 Å². The van der Waals surface area contributed by atoms with Gasteiger partial charge in [-0.1, -0.05) is 91.0 Å². The van der Waals surface area contributed by atoms with E-state index in [-0.39, 0.29) is 19.4 Å². The molecule has 0 radical (unpaired) electrons. The molecule has 0 aliphatic carbocycles. The second kappa shape index (κ2) is 10.1. The molecule has 1 heterocycles. The van der Waals surface area contributed by atoms with Crippen LogP contribution in [-0.2, 0) is 28.9 Å². The zero-order valence-corrected chi connectivity index (χ0v) is 18.5. The zero-order chi connectivity index (χ0) is 23.3. The van der Waals surface area contributed by atoms with Crippen LogP contribution in [0.25, 0.3) is 0 Å². The SMILES string of the molecule is NC(O)[C@@H]1O[C@H](COCc2ccccc2)[C@](O)(Cc2ccccc2)[C@@]1(O)Cc1ccccc1. The molecule has 0 spiro atoms. The lowest BCUT2D eigenvalue weighted by molar-refractivity contribution is -0.158. The van der Waals surface area contributed by atoms with Crippen LogP contribution in [0.3, 0.4) is 0 Å². The van der Waals surface area contributed by atoms with Gasteiger partial charge in [0.2, 0.25) is 0 Å². The molecule has 4 rings (SSSR count). The highest BCUT2D eigenvalue weighted by Gasteiger charge is 2.66. The molecule has 0 aromatic heterocycles. The molecule has 0 amide bonds. The van der Waals surface area contributed by atoms with E-state index >= 15 is 0 Å². The molecule has 3 aromatic rings. The van der Waals surface area contributed by atoms with Gasteiger partial charge in [-0.25, -0.2) is 0 Å². The van der Waals surface area contributed by atoms with Crippen LogP contribution >= 0.6 is 0 Å². The first-order valence-corrected chi connectivity index (χ1v) is 11.2. The van der Waals surface area contributed by atoms with Crippen molar-refractivity contribution in [2.75, 3.05) is 6.61 Å². The van der Waals surface area contributed by atoms with Crippen molar-refractivity contribution in [2.24, 2.45) is 5.73 Å². The first kappa shape index (κ1) is 23.6. The summed E-state index contributed by atoms with van der Waals surface area (Å²) in [5, 5.41) is 34.4. The Kier molecular flexibility index (Phi) is 7.24. The molecule has 5 N–H and O–H groups in total. The van der Waals surface area contributed by atoms with Crippen molar-refractivity contribution in [3.63, 3.8) is 0 Å². The molecular formula is C27H31NO5. The monoisotopic (exact) mass is 449 g/mol. The van der Waals surface area contributed by atoms with Crippen molar-refractivity contribution in [1.29, 1.82) is 0 Å². The molecule has 1 saturated heterocycles. The smallest absolute Gasteiger partial charge is 0.131 e. The number of benzene rings is 3. The zero-order valence-electron chi connectivity index (χ0n) is 18.5. The predicted octanol–water partition coefficient (Wildman–Crippen LogP) is 2.20. The third-order valence-electron chi connectivity index (χ3n) is 6.39. The fourth-order valence-corrected chi connectivity index (χ4v) is 4.66. The fourth-order valence-electron chi connectivity index (χ4n) is 4.66. The van der Waals surface area contributed by atoms with Gasteiger partial charge in [0, 0.05) is 12.8 Å². The van der Waals surface area contributed by atoms with E-state index in [1.165, 1.54) is 0 Å². The van der Waals surface area contributed by atoms with Crippen LogP contribution in [0, 0.1) is 0 Å². The first-order valence-electron chi connectivity index (χ1n) is 11.2. The van der Waals surface area contributed by atoms with Gasteiger partial charge in [0.05, 0.1) is 13.2 Å². The van der Waals surface area contributed by atoms with Gasteiger partial charge in [-0.15, -0.1) is 0 Å². The Labute approximate surface area is 194 Å². The van der Waals surface area contributed by atoms with Crippen molar-refractivity contribution < 1.29 is 24.8 Å². The summed E-state index contributed by atoms with van der Waals surface area (Å²) in [4.78, 5) is 0. The Hall–Kier alpha value is -2.58. The van der Waals surface area contributed by atoms with Gasteiger partial charge in [-0.2, -0.15) is 0 Å². The van der Waals surface area contributed by atoms with Crippen molar-refractivity contribution >= 4 is 0 Å². The highest BCUT2D eigenvalue weighted by Crippen LogP contribution is 2.45. The molecule has 1 aliphatic heterocycles. The number of ether oxygens (including phenoxy) is 2. The minimum atomic E-state index is -1.85. The quantitative estimate of drug-likeness (QED) is 0.373. The Morgan fingerprint density at radius 1 is 0.758 bits per heavy atom. The van der Waals surface area contributed by atoms with Crippen molar-refractivity contribution in [3.05, 3.63) is 108 Å². The maximum absolute atomic E-state index is 12.1. The van der Waals surface area contributed by atoms with E-state index in [4.69, 9.17) is 15.2 Å². The van der Waals surface area contributed by atoms with Gasteiger partial charge in [0.1, 0.15) is 29.6 Å². The second-order valence-corrected chi connectivity index (χ2v) is 8.71. The summed E-state index contributed by atoms with van der Waals surface area (Å²) in [5.41, 5.74) is 4.85. The van der Waals surface area contributed by atoms with Crippen LogP contribution in [0.2, 0.25) is 0 Å². The first-order chi connectivity index (χ1) is 15.9. The molecule has 174 valence electrons. The van der Waals surface area contributed by atoms with Crippen LogP contribution in [0.1, 0.15) is 16.7 Å². The maximum Gasteiger partial charge on any atom is 0.131 e. The molecule has 3 aromatic carbocycles. The maximum atomic E-state index is 12.1. The third-order valence-corrected chi connectivity index (χ3v) is 6.39. The summed E-state index contributed by atoms with van der Waals surface area (Å²) >= 11 is 0. The summed E-state index contributed by atoms with van der Waals surface area (Å²) in [6.45, 7) is 0.355. The van der Waals surface area contributed by atoms with Crippen LogP contribution in [0.15, 0.2) is 91.0 Å². The summed E-state index contributed by atoms with van der Waals surface area (Å²) in [5.74, 6) is 0. The normalized spacial score (nSPS) is 28.0. The molecule has 5 atom stereocenters. The van der Waals surface area contributed by atoms with Gasteiger partial charge in [0.25, 0.3) is 0 Å². The van der Waals surface area contributed by atoms with Crippen LogP contribution in [0.4, 0.5) is 0 Å². The Bertz CT molecular complexity index is 1000. The number of rotatable bonds is 9. The number of hydrogen-bond donors (Lipinski definition) is 4. The lowest BCUT2D eigenvalue weighted by atomic mass is 9.71. The van der Waals surface area contributed by atoms with E-state index in [1.54, 1.807) is 0 Å². The summed E-state index contributed by atoms with van der Waals surface area (Å²) in [6, 6.07) is 28.4. The van der Waals surface area contributed by atoms with Gasteiger partial charge in [-0.05, 0) is 16.7 Å². The minimum absolute atomic E-state index is 0.0263. The Balaban J connectivity index is 1.65. The fraction of sp³-hybridized carbons (Fsp3) is 0.333. The Morgan fingerprint density at radius 2 is 1.21 bits per heavy atom. The minimum Gasteiger partial charge on any atom is -0.384 e. The van der Waals surface area contributed by atoms with E-state index in [0.717, 1.165) is 16.7 Å². The van der Waals surface area contributed by atoms with Gasteiger partial charge in [0.15, 0.2) is 0 Å². The predicted molar refractivity (Wildman–Crippen MR) is 125 cm³/mol. The molecule has 6 heteroatoms. The molecule has 33 heavy (non-hydrogen) atoms. The van der Waals surface area contributed by atoms with E-state index in [0.29, 0.717) is 6.61 Å². The molecule has 6 nitrogen and oxygen atoms in total. The van der Waals surface area contributed by atoms with E-state index in [2.05, 4.69) is 0 Å². The van der Waals surface area contributed by atoms with Crippen LogP contribution < -0.4 is 5.73 Å². The lowest BCUT2D eigenvalue weighted by Gasteiger charge is -2.42. The second-order valence-electron chi connectivity index (χ2n) is 8.71. The average Bonchev–Trinajstić information content (AvgIpc) is 3.02. The van der Waals surface area contributed by atoms with Crippen LogP contribution in [0.5, 0.6) is 0 Å². The molecule has 0 saturated carbocycles. The third kappa shape index (κ3) is 5.01. The van der Waals surface area contributed by atoms with E-state index < -0.39 is 29.6 Å². The lowest BCUT2D eigenvalue weighted by Crippen LogP contribution is -2.64. The van der Waals surface area contributed by atoms with Crippen molar-refractivity contribution in [1.82, 2.24) is 0 Å². The van der Waals surface area contributed by atoms with Gasteiger partial charge < -0.3 is 30.5 Å². The van der Waals surface area contributed by atoms with Crippen LogP contribution in [-0.4, -0.2) is 51.6 Å². The molecule has 1 fully saturated rings. The van der Waals surface area contributed by atoms with E-state index in [1.807, 2.05) is 91.0 Å². The Morgan fingerprint density at radius 3 is 1.70 bits per heavy atom. The molecular weight excluding hydrogens is 418 g/mol. The van der Waals surface area contributed by atoms with Gasteiger partial charge >= 0.3 is 0 Å². The summed E-state index contributed by atoms with van der Waals surface area (Å²) in [6.07, 6.45) is -3.42. The number of hydrogen-bond acceptors (Lipinski definition) is 6. The summed E-state index contributed by atoms with van der Waals surface area (Å²) in [7, 11) is 0. The highest BCUT2D eigenvalue weighted by molar-refractivity contribution is 5.28. The largest absolute Gasteiger partial charge is 0.384 e. The molecule has 1 unspecified atom stereocenters. The number of nitrogens with two attached hydrogens (primary N) is 1. The summed E-state index contributed by atoms with van der Waals surface area (Å²) < 4.78 is 11.9.